The molecule has 0 saturated heterocycles. The standard InChI is InChI=1S/C16H22ClN3O.CO2/c1-6-12-15(9(2)3)21-16(20-12)11-8-18-14(17)7-13(11)19-10(4)5;2-1-3/h7-10H,6H2,1-5H3,(H,18,19);. The highest BCUT2D eigenvalue weighted by Gasteiger charge is 2.19. The van der Waals surface area contributed by atoms with Crippen LogP contribution in [-0.2, 0) is 16.0 Å². The van der Waals surface area contributed by atoms with E-state index in [1.807, 2.05) is 6.07 Å². The van der Waals surface area contributed by atoms with Crippen LogP contribution >= 0.6 is 11.6 Å². The molecule has 0 fully saturated rings. The van der Waals surface area contributed by atoms with E-state index in [0.717, 1.165) is 29.1 Å². The summed E-state index contributed by atoms with van der Waals surface area (Å²) in [5.41, 5.74) is 2.74. The van der Waals surface area contributed by atoms with Gasteiger partial charge in [-0.2, -0.15) is 9.59 Å². The van der Waals surface area contributed by atoms with Crippen molar-refractivity contribution >= 4 is 23.4 Å². The molecule has 0 unspecified atom stereocenters. The van der Waals surface area contributed by atoms with Gasteiger partial charge in [0.05, 0.1) is 16.9 Å². The van der Waals surface area contributed by atoms with E-state index in [-0.39, 0.29) is 12.2 Å². The number of pyridine rings is 1. The van der Waals surface area contributed by atoms with Crippen LogP contribution in [0.1, 0.15) is 52.0 Å². The Morgan fingerprint density at radius 3 is 2.38 bits per heavy atom. The molecule has 0 bridgehead atoms. The van der Waals surface area contributed by atoms with E-state index >= 15 is 0 Å². The molecule has 0 spiro atoms. The predicted molar refractivity (Wildman–Crippen MR) is 92.0 cm³/mol. The maximum atomic E-state index is 8.12. The van der Waals surface area contributed by atoms with Crippen molar-refractivity contribution in [1.82, 2.24) is 9.97 Å². The maximum Gasteiger partial charge on any atom is 0.373 e. The van der Waals surface area contributed by atoms with Gasteiger partial charge in [-0.3, -0.25) is 0 Å². The Hall–Kier alpha value is -2.17. The lowest BCUT2D eigenvalue weighted by atomic mass is 10.1. The van der Waals surface area contributed by atoms with E-state index in [4.69, 9.17) is 25.6 Å². The zero-order valence-electron chi connectivity index (χ0n) is 14.5. The van der Waals surface area contributed by atoms with Gasteiger partial charge < -0.3 is 9.73 Å². The number of hydrogen-bond donors (Lipinski definition) is 1. The zero-order valence-corrected chi connectivity index (χ0v) is 15.3. The van der Waals surface area contributed by atoms with Crippen molar-refractivity contribution < 1.29 is 14.0 Å². The minimum Gasteiger partial charge on any atom is -0.440 e. The second kappa shape index (κ2) is 9.21. The van der Waals surface area contributed by atoms with E-state index in [1.165, 1.54) is 0 Å². The van der Waals surface area contributed by atoms with E-state index in [9.17, 15) is 0 Å². The van der Waals surface area contributed by atoms with Gasteiger partial charge in [0.15, 0.2) is 0 Å². The number of anilines is 1. The summed E-state index contributed by atoms with van der Waals surface area (Å²) in [6.45, 7) is 10.4. The second-order valence-electron chi connectivity index (χ2n) is 5.77. The van der Waals surface area contributed by atoms with Crippen molar-refractivity contribution in [3.05, 3.63) is 28.9 Å². The highest BCUT2D eigenvalue weighted by atomic mass is 35.5. The van der Waals surface area contributed by atoms with Gasteiger partial charge in [-0.15, -0.1) is 0 Å². The number of hydrogen-bond acceptors (Lipinski definition) is 6. The Balaban J connectivity index is 0.000000891. The summed E-state index contributed by atoms with van der Waals surface area (Å²) in [4.78, 5) is 25.0. The molecule has 130 valence electrons. The summed E-state index contributed by atoms with van der Waals surface area (Å²) in [7, 11) is 0. The highest BCUT2D eigenvalue weighted by molar-refractivity contribution is 6.29. The molecule has 0 aliphatic carbocycles. The molecule has 0 aliphatic heterocycles. The molecule has 0 amide bonds. The molecule has 0 aliphatic rings. The van der Waals surface area contributed by atoms with E-state index in [1.54, 1.807) is 6.20 Å². The SMILES string of the molecule is CCc1nc(-c2cnc(Cl)cc2NC(C)C)oc1C(C)C.O=C=O. The molecule has 0 atom stereocenters. The van der Waals surface area contributed by atoms with Gasteiger partial charge in [0.2, 0.25) is 5.89 Å². The maximum absolute atomic E-state index is 8.12. The third-order valence-electron chi connectivity index (χ3n) is 3.13. The highest BCUT2D eigenvalue weighted by Crippen LogP contribution is 2.32. The van der Waals surface area contributed by atoms with Crippen molar-refractivity contribution in [1.29, 1.82) is 0 Å². The number of rotatable bonds is 5. The summed E-state index contributed by atoms with van der Waals surface area (Å²) in [5.74, 6) is 1.85. The average molecular weight is 352 g/mol. The molecule has 2 rings (SSSR count). The van der Waals surface area contributed by atoms with E-state index < -0.39 is 0 Å². The van der Waals surface area contributed by atoms with Crippen LogP contribution in [0.4, 0.5) is 5.69 Å². The number of aromatic nitrogens is 2. The Bertz CT molecular complexity index is 705. The van der Waals surface area contributed by atoms with Gasteiger partial charge in [0.1, 0.15) is 10.9 Å². The minimum atomic E-state index is 0.250. The van der Waals surface area contributed by atoms with Gasteiger partial charge in [-0.05, 0) is 26.3 Å². The Kier molecular flexibility index (Phi) is 7.62. The first-order valence-electron chi connectivity index (χ1n) is 7.75. The van der Waals surface area contributed by atoms with Gasteiger partial charge in [-0.25, -0.2) is 9.97 Å². The number of aryl methyl sites for hydroxylation is 1. The van der Waals surface area contributed by atoms with Crippen LogP contribution in [0.5, 0.6) is 0 Å². The first kappa shape index (κ1) is 19.9. The molecule has 0 saturated carbocycles. The fraction of sp³-hybridized carbons (Fsp3) is 0.471. The lowest BCUT2D eigenvalue weighted by Gasteiger charge is -2.13. The monoisotopic (exact) mass is 351 g/mol. The number of nitrogens with one attached hydrogen (secondary N) is 1. The van der Waals surface area contributed by atoms with E-state index in [2.05, 4.69) is 49.9 Å². The third kappa shape index (κ3) is 5.18. The normalized spacial score (nSPS) is 10.3. The van der Waals surface area contributed by atoms with Crippen LogP contribution in [0, 0.1) is 0 Å². The number of halogens is 1. The van der Waals surface area contributed by atoms with E-state index in [0.29, 0.717) is 17.0 Å². The van der Waals surface area contributed by atoms with Gasteiger partial charge in [-0.1, -0.05) is 32.4 Å². The lowest BCUT2D eigenvalue weighted by Crippen LogP contribution is -2.10. The Morgan fingerprint density at radius 1 is 1.29 bits per heavy atom. The summed E-state index contributed by atoms with van der Waals surface area (Å²) in [5, 5.41) is 3.82. The van der Waals surface area contributed by atoms with Crippen LogP contribution in [0.2, 0.25) is 5.15 Å². The predicted octanol–water partition coefficient (Wildman–Crippen LogP) is 4.31. The quantitative estimate of drug-likeness (QED) is 0.808. The molecule has 24 heavy (non-hydrogen) atoms. The molecule has 1 N–H and O–H groups in total. The fourth-order valence-corrected chi connectivity index (χ4v) is 2.37. The minimum absolute atomic E-state index is 0.250. The second-order valence-corrected chi connectivity index (χ2v) is 6.16. The van der Waals surface area contributed by atoms with Crippen molar-refractivity contribution in [2.45, 2.75) is 53.0 Å². The fourth-order valence-electron chi connectivity index (χ4n) is 2.21. The van der Waals surface area contributed by atoms with Crippen molar-refractivity contribution in [2.75, 3.05) is 5.32 Å². The van der Waals surface area contributed by atoms with Crippen LogP contribution < -0.4 is 5.32 Å². The lowest BCUT2D eigenvalue weighted by molar-refractivity contribution is -0.191. The van der Waals surface area contributed by atoms with Gasteiger partial charge in [0.25, 0.3) is 0 Å². The molecule has 0 aromatic carbocycles. The largest absolute Gasteiger partial charge is 0.440 e. The number of carbonyl (C=O) groups excluding carboxylic acids is 2. The smallest absolute Gasteiger partial charge is 0.373 e. The summed E-state index contributed by atoms with van der Waals surface area (Å²) >= 11 is 6.00. The molecule has 2 aromatic rings. The average Bonchev–Trinajstić information content (AvgIpc) is 2.92. The number of oxazole rings is 1. The molecular weight excluding hydrogens is 330 g/mol. The molecule has 7 heteroatoms. The third-order valence-corrected chi connectivity index (χ3v) is 3.34. The molecule has 6 nitrogen and oxygen atoms in total. The topological polar surface area (TPSA) is 85.1 Å². The van der Waals surface area contributed by atoms with Crippen molar-refractivity contribution in [2.24, 2.45) is 0 Å². The van der Waals surface area contributed by atoms with Crippen LogP contribution in [0.15, 0.2) is 16.7 Å². The molecule has 2 heterocycles. The first-order chi connectivity index (χ1) is 11.3. The van der Waals surface area contributed by atoms with Crippen LogP contribution in [0.25, 0.3) is 11.5 Å². The first-order valence-corrected chi connectivity index (χ1v) is 8.13. The Morgan fingerprint density at radius 2 is 1.92 bits per heavy atom. The van der Waals surface area contributed by atoms with Crippen molar-refractivity contribution in [3.63, 3.8) is 0 Å². The number of nitrogens with zero attached hydrogens (tertiary/aromatic N) is 2. The summed E-state index contributed by atoms with van der Waals surface area (Å²) in [6, 6.07) is 2.09. The zero-order chi connectivity index (χ0) is 18.3. The molecule has 2 aromatic heterocycles. The van der Waals surface area contributed by atoms with Crippen LogP contribution in [-0.4, -0.2) is 22.2 Å². The summed E-state index contributed by atoms with van der Waals surface area (Å²) < 4.78 is 5.98. The summed E-state index contributed by atoms with van der Waals surface area (Å²) in [6.07, 6.45) is 2.81. The van der Waals surface area contributed by atoms with Crippen molar-refractivity contribution in [3.8, 4) is 11.5 Å². The van der Waals surface area contributed by atoms with Crippen LogP contribution in [0.3, 0.4) is 0 Å². The van der Waals surface area contributed by atoms with Gasteiger partial charge in [0, 0.05) is 18.2 Å². The molecular formula is C17H22ClN3O3. The van der Waals surface area contributed by atoms with Gasteiger partial charge >= 0.3 is 6.15 Å². The molecule has 0 radical (unpaired) electrons. The Labute approximate surface area is 146 Å².